The molecule has 0 saturated heterocycles. The van der Waals surface area contributed by atoms with E-state index in [-0.39, 0.29) is 11.9 Å². The highest BCUT2D eigenvalue weighted by Gasteiger charge is 2.21. The molecule has 0 bridgehead atoms. The van der Waals surface area contributed by atoms with Crippen LogP contribution >= 0.6 is 0 Å². The summed E-state index contributed by atoms with van der Waals surface area (Å²) in [5.74, 6) is -0.139. The Morgan fingerprint density at radius 1 is 1.50 bits per heavy atom. The first-order valence-electron chi connectivity index (χ1n) is 4.23. The van der Waals surface area contributed by atoms with Gasteiger partial charge in [-0.3, -0.25) is 0 Å². The fourth-order valence-corrected chi connectivity index (χ4v) is 2.02. The highest BCUT2D eigenvalue weighted by Crippen LogP contribution is 2.32. The molecule has 64 valence electrons. The second-order valence-electron chi connectivity index (χ2n) is 3.44. The quantitative estimate of drug-likeness (QED) is 0.625. The molecule has 0 aromatic heterocycles. The Morgan fingerprint density at radius 2 is 2.25 bits per heavy atom. The summed E-state index contributed by atoms with van der Waals surface area (Å²) < 4.78 is 12.9. The maximum Gasteiger partial charge on any atom is 0.123 e. The number of nitrogens with two attached hydrogens (primary N) is 1. The predicted molar refractivity (Wildman–Crippen MR) is 46.4 cm³/mol. The molecular formula is C10H12FN. The molecule has 0 amide bonds. The average molecular weight is 165 g/mol. The van der Waals surface area contributed by atoms with Crippen LogP contribution in [0.4, 0.5) is 4.39 Å². The highest BCUT2D eigenvalue weighted by molar-refractivity contribution is 5.40. The fraction of sp³-hybridized carbons (Fsp3) is 0.400. The maximum absolute atomic E-state index is 12.9. The zero-order valence-electron chi connectivity index (χ0n) is 7.10. The number of aryl methyl sites for hydroxylation is 2. The van der Waals surface area contributed by atoms with Crippen molar-refractivity contribution in [3.63, 3.8) is 0 Å². The van der Waals surface area contributed by atoms with Crippen molar-refractivity contribution in [2.24, 2.45) is 5.73 Å². The van der Waals surface area contributed by atoms with Crippen molar-refractivity contribution < 1.29 is 4.39 Å². The number of benzene rings is 1. The number of rotatable bonds is 0. The minimum Gasteiger partial charge on any atom is -0.324 e. The van der Waals surface area contributed by atoms with E-state index >= 15 is 0 Å². The van der Waals surface area contributed by atoms with Crippen molar-refractivity contribution in [1.29, 1.82) is 0 Å². The average Bonchev–Trinajstić information content (AvgIpc) is 2.31. The molecule has 0 unspecified atom stereocenters. The first-order chi connectivity index (χ1) is 5.68. The lowest BCUT2D eigenvalue weighted by atomic mass is 10.0. The van der Waals surface area contributed by atoms with Crippen molar-refractivity contribution in [3.8, 4) is 0 Å². The van der Waals surface area contributed by atoms with E-state index in [1.54, 1.807) is 12.1 Å². The van der Waals surface area contributed by atoms with Crippen LogP contribution in [0.1, 0.15) is 29.2 Å². The zero-order chi connectivity index (χ0) is 8.72. The lowest BCUT2D eigenvalue weighted by molar-refractivity contribution is 0.624. The normalized spacial score (nSPS) is 21.1. The van der Waals surface area contributed by atoms with Gasteiger partial charge in [-0.05, 0) is 48.6 Å². The van der Waals surface area contributed by atoms with Crippen LogP contribution in [-0.2, 0) is 6.42 Å². The molecule has 0 fully saturated rings. The molecule has 0 heterocycles. The van der Waals surface area contributed by atoms with Crippen molar-refractivity contribution in [2.45, 2.75) is 25.8 Å². The van der Waals surface area contributed by atoms with Crippen molar-refractivity contribution in [2.75, 3.05) is 0 Å². The third kappa shape index (κ3) is 1.03. The van der Waals surface area contributed by atoms with Crippen molar-refractivity contribution in [3.05, 3.63) is 34.6 Å². The van der Waals surface area contributed by atoms with Gasteiger partial charge in [-0.15, -0.1) is 0 Å². The molecule has 2 heteroatoms. The van der Waals surface area contributed by atoms with Crippen molar-refractivity contribution >= 4 is 0 Å². The molecule has 0 radical (unpaired) electrons. The fourth-order valence-electron chi connectivity index (χ4n) is 2.02. The van der Waals surface area contributed by atoms with Crippen LogP contribution in [0.15, 0.2) is 12.1 Å². The summed E-state index contributed by atoms with van der Waals surface area (Å²) in [5.41, 5.74) is 9.13. The van der Waals surface area contributed by atoms with Gasteiger partial charge >= 0.3 is 0 Å². The Morgan fingerprint density at radius 3 is 3.00 bits per heavy atom. The van der Waals surface area contributed by atoms with Gasteiger partial charge in [0.05, 0.1) is 0 Å². The summed E-state index contributed by atoms with van der Waals surface area (Å²) >= 11 is 0. The van der Waals surface area contributed by atoms with Crippen molar-refractivity contribution in [1.82, 2.24) is 0 Å². The summed E-state index contributed by atoms with van der Waals surface area (Å²) in [6, 6.07) is 3.29. The number of halogens is 1. The van der Waals surface area contributed by atoms with Gasteiger partial charge in [0.1, 0.15) is 5.82 Å². The summed E-state index contributed by atoms with van der Waals surface area (Å²) in [6.45, 7) is 1.92. The molecule has 1 atom stereocenters. The van der Waals surface area contributed by atoms with E-state index < -0.39 is 0 Å². The van der Waals surface area contributed by atoms with Gasteiger partial charge in [0.25, 0.3) is 0 Å². The Balaban J connectivity index is 2.60. The second-order valence-corrected chi connectivity index (χ2v) is 3.44. The molecule has 0 saturated carbocycles. The van der Waals surface area contributed by atoms with E-state index in [1.807, 2.05) is 6.92 Å². The molecule has 0 spiro atoms. The van der Waals surface area contributed by atoms with Gasteiger partial charge < -0.3 is 5.73 Å². The first kappa shape index (κ1) is 7.74. The predicted octanol–water partition coefficient (Wildman–Crippen LogP) is 2.08. The Hall–Kier alpha value is -0.890. The van der Waals surface area contributed by atoms with E-state index in [4.69, 9.17) is 5.73 Å². The van der Waals surface area contributed by atoms with Gasteiger partial charge in [-0.1, -0.05) is 0 Å². The largest absolute Gasteiger partial charge is 0.324 e. The van der Waals surface area contributed by atoms with E-state index in [2.05, 4.69) is 0 Å². The Labute approximate surface area is 71.4 Å². The molecule has 1 aromatic carbocycles. The lowest BCUT2D eigenvalue weighted by Gasteiger charge is -2.08. The van der Waals surface area contributed by atoms with Gasteiger partial charge in [0, 0.05) is 6.04 Å². The smallest absolute Gasteiger partial charge is 0.123 e. The molecule has 0 aliphatic heterocycles. The van der Waals surface area contributed by atoms with E-state index in [0.717, 1.165) is 29.5 Å². The molecule has 1 nitrogen and oxygen atoms in total. The topological polar surface area (TPSA) is 26.0 Å². The minimum atomic E-state index is -0.139. The first-order valence-corrected chi connectivity index (χ1v) is 4.23. The monoisotopic (exact) mass is 165 g/mol. The lowest BCUT2D eigenvalue weighted by Crippen LogP contribution is -2.07. The summed E-state index contributed by atoms with van der Waals surface area (Å²) in [7, 11) is 0. The van der Waals surface area contributed by atoms with Crippen LogP contribution in [0.3, 0.4) is 0 Å². The summed E-state index contributed by atoms with van der Waals surface area (Å²) in [5, 5.41) is 0. The summed E-state index contributed by atoms with van der Waals surface area (Å²) in [6.07, 6.45) is 1.88. The molecule has 1 aromatic rings. The molecule has 2 N–H and O–H groups in total. The SMILES string of the molecule is Cc1cc(F)cc2c1[C@H](N)CC2. The number of hydrogen-bond acceptors (Lipinski definition) is 1. The molecule has 1 aliphatic carbocycles. The van der Waals surface area contributed by atoms with Crippen LogP contribution in [0.25, 0.3) is 0 Å². The van der Waals surface area contributed by atoms with Gasteiger partial charge in [-0.2, -0.15) is 0 Å². The molecular weight excluding hydrogens is 153 g/mol. The maximum atomic E-state index is 12.9. The van der Waals surface area contributed by atoms with Crippen LogP contribution in [0.5, 0.6) is 0 Å². The zero-order valence-corrected chi connectivity index (χ0v) is 7.10. The number of fused-ring (bicyclic) bond motifs is 1. The van der Waals surface area contributed by atoms with Crippen LogP contribution in [-0.4, -0.2) is 0 Å². The molecule has 1 aliphatic rings. The van der Waals surface area contributed by atoms with E-state index in [9.17, 15) is 4.39 Å². The number of hydrogen-bond donors (Lipinski definition) is 1. The van der Waals surface area contributed by atoms with Crippen LogP contribution < -0.4 is 5.73 Å². The Bertz CT molecular complexity index is 320. The van der Waals surface area contributed by atoms with E-state index in [1.165, 1.54) is 0 Å². The summed E-state index contributed by atoms with van der Waals surface area (Å²) in [4.78, 5) is 0. The van der Waals surface area contributed by atoms with Crippen LogP contribution in [0.2, 0.25) is 0 Å². The minimum absolute atomic E-state index is 0.126. The van der Waals surface area contributed by atoms with Gasteiger partial charge in [-0.25, -0.2) is 4.39 Å². The standard InChI is InChI=1S/C10H12FN/c1-6-4-8(11)5-7-2-3-9(12)10(6)7/h4-5,9H,2-3,12H2,1H3/t9-/m1/s1. The third-order valence-electron chi connectivity index (χ3n) is 2.53. The third-order valence-corrected chi connectivity index (χ3v) is 2.53. The van der Waals surface area contributed by atoms with E-state index in [0.29, 0.717) is 0 Å². The van der Waals surface area contributed by atoms with Gasteiger partial charge in [0.15, 0.2) is 0 Å². The van der Waals surface area contributed by atoms with Crippen LogP contribution in [0, 0.1) is 12.7 Å². The molecule has 12 heavy (non-hydrogen) atoms. The Kier molecular flexibility index (Phi) is 1.65. The molecule has 2 rings (SSSR count). The highest BCUT2D eigenvalue weighted by atomic mass is 19.1. The second kappa shape index (κ2) is 2.56. The van der Waals surface area contributed by atoms with Gasteiger partial charge in [0.2, 0.25) is 0 Å².